The molecule has 0 amide bonds. The molecule has 0 spiro atoms. The van der Waals surface area contributed by atoms with Gasteiger partial charge in [-0.1, -0.05) is 84.4 Å². The molecule has 0 radical (unpaired) electrons. The maximum atomic E-state index is 8.90. The molecule has 4 rings (SSSR count). The van der Waals surface area contributed by atoms with Crippen LogP contribution in [0.15, 0.2) is 65.8 Å². The highest BCUT2D eigenvalue weighted by molar-refractivity contribution is 6.34. The van der Waals surface area contributed by atoms with E-state index in [0.29, 0.717) is 29.2 Å². The lowest BCUT2D eigenvalue weighted by atomic mass is 9.97. The smallest absolute Gasteiger partial charge is 0.120 e. The van der Waals surface area contributed by atoms with Crippen LogP contribution in [0.25, 0.3) is 11.1 Å². The van der Waals surface area contributed by atoms with Crippen molar-refractivity contribution in [1.82, 2.24) is 4.90 Å². The Kier molecular flexibility index (Phi) is 13.5. The summed E-state index contributed by atoms with van der Waals surface area (Å²) >= 11 is 13.0. The molecule has 5 nitrogen and oxygen atoms in total. The number of nitrogens with zero attached hydrogens (tertiary/aromatic N) is 2. The Morgan fingerprint density at radius 3 is 2.40 bits per heavy atom. The maximum Gasteiger partial charge on any atom is 0.120 e. The Morgan fingerprint density at radius 2 is 1.64 bits per heavy atom. The highest BCUT2D eigenvalue weighted by Crippen LogP contribution is 2.35. The monoisotopic (exact) mass is 610 g/mol. The van der Waals surface area contributed by atoms with Crippen molar-refractivity contribution in [2.45, 2.75) is 64.3 Å². The van der Waals surface area contributed by atoms with Gasteiger partial charge >= 0.3 is 0 Å². The van der Waals surface area contributed by atoms with Gasteiger partial charge in [0, 0.05) is 29.3 Å². The Balaban J connectivity index is 1.21. The van der Waals surface area contributed by atoms with Gasteiger partial charge in [0.15, 0.2) is 0 Å². The molecule has 1 fully saturated rings. The molecular formula is C35H44Cl2N2O3. The highest BCUT2D eigenvalue weighted by atomic mass is 35.5. The number of oxime groups is 1. The van der Waals surface area contributed by atoms with E-state index in [2.05, 4.69) is 34.3 Å². The molecular weight excluding hydrogens is 567 g/mol. The van der Waals surface area contributed by atoms with Crippen LogP contribution < -0.4 is 4.74 Å². The van der Waals surface area contributed by atoms with Crippen LogP contribution in [-0.4, -0.2) is 49.6 Å². The molecule has 3 aromatic carbocycles. The van der Waals surface area contributed by atoms with Crippen molar-refractivity contribution in [2.75, 3.05) is 33.4 Å². The zero-order chi connectivity index (χ0) is 29.6. The quantitative estimate of drug-likeness (QED) is 0.1000. The average molecular weight is 612 g/mol. The van der Waals surface area contributed by atoms with E-state index in [9.17, 15) is 0 Å². The molecule has 7 heteroatoms. The fourth-order valence-electron chi connectivity index (χ4n) is 5.60. The number of likely N-dealkylation sites (tertiary alicyclic amines) is 1. The van der Waals surface area contributed by atoms with Gasteiger partial charge in [0.25, 0.3) is 0 Å². The van der Waals surface area contributed by atoms with Crippen molar-refractivity contribution >= 4 is 29.4 Å². The first-order valence-corrected chi connectivity index (χ1v) is 16.0. The number of benzene rings is 3. The van der Waals surface area contributed by atoms with Crippen LogP contribution in [0, 0.1) is 5.92 Å². The number of ether oxygens (including phenoxy) is 1. The molecule has 0 aromatic heterocycles. The van der Waals surface area contributed by atoms with Gasteiger partial charge in [-0.3, -0.25) is 4.90 Å². The predicted octanol–water partition coefficient (Wildman–Crippen LogP) is 8.81. The summed E-state index contributed by atoms with van der Waals surface area (Å²) < 4.78 is 6.19. The molecule has 1 heterocycles. The summed E-state index contributed by atoms with van der Waals surface area (Å²) in [6.45, 7) is 4.21. The second-order valence-corrected chi connectivity index (χ2v) is 12.1. The first kappa shape index (κ1) is 32.3. The van der Waals surface area contributed by atoms with Crippen LogP contribution in [0.3, 0.4) is 0 Å². The number of hydrogen-bond acceptors (Lipinski definition) is 5. The summed E-state index contributed by atoms with van der Waals surface area (Å²) in [5, 5.41) is 14.0. The van der Waals surface area contributed by atoms with Gasteiger partial charge in [0.05, 0.1) is 17.8 Å². The molecule has 0 bridgehead atoms. The zero-order valence-electron chi connectivity index (χ0n) is 24.7. The van der Waals surface area contributed by atoms with E-state index in [4.69, 9.17) is 37.9 Å². The lowest BCUT2D eigenvalue weighted by Crippen LogP contribution is -2.35. The van der Waals surface area contributed by atoms with E-state index in [-0.39, 0.29) is 0 Å². The summed E-state index contributed by atoms with van der Waals surface area (Å²) in [4.78, 5) is 7.42. The van der Waals surface area contributed by atoms with Crippen molar-refractivity contribution in [1.29, 1.82) is 0 Å². The van der Waals surface area contributed by atoms with E-state index >= 15 is 0 Å². The third-order valence-corrected chi connectivity index (χ3v) is 8.56. The molecule has 0 aliphatic carbocycles. The number of halogens is 2. The van der Waals surface area contributed by atoms with Crippen LogP contribution in [0.4, 0.5) is 0 Å². The van der Waals surface area contributed by atoms with Crippen molar-refractivity contribution in [2.24, 2.45) is 11.1 Å². The van der Waals surface area contributed by atoms with Crippen molar-refractivity contribution in [3.63, 3.8) is 0 Å². The largest absolute Gasteiger partial charge is 0.493 e. The van der Waals surface area contributed by atoms with Crippen molar-refractivity contribution in [3.05, 3.63) is 87.4 Å². The third-order valence-electron chi connectivity index (χ3n) is 8.01. The van der Waals surface area contributed by atoms with Crippen LogP contribution in [0.2, 0.25) is 10.0 Å². The molecule has 1 aliphatic rings. The Bertz CT molecular complexity index is 1270. The van der Waals surface area contributed by atoms with Gasteiger partial charge in [-0.2, -0.15) is 0 Å². The van der Waals surface area contributed by atoms with Gasteiger partial charge in [0.2, 0.25) is 0 Å². The SMILES string of the molecule is CON=Cc1ccc(Cl)cc1-c1ccc(OCC2CCN(Cc3cccc(CCCCCCCCO)c3)CC2)cc1Cl. The summed E-state index contributed by atoms with van der Waals surface area (Å²) in [5.41, 5.74) is 5.50. The van der Waals surface area contributed by atoms with E-state index in [0.717, 1.165) is 74.2 Å². The number of rotatable bonds is 16. The minimum atomic E-state index is 0.322. The molecule has 1 aliphatic heterocycles. The summed E-state index contributed by atoms with van der Waals surface area (Å²) in [6, 6.07) is 20.6. The standard InChI is InChI=1S/C35H44Cl2N2O3/c1-41-38-24-30-12-13-31(36)22-34(30)33-15-14-32(23-35(33)37)42-26-28-16-18-39(19-17-28)25-29-11-8-10-27(21-29)9-6-4-2-3-5-7-20-40/h8,10-15,21-24,28,40H,2-7,9,16-20,25-26H2,1H3. The van der Waals surface area contributed by atoms with E-state index < -0.39 is 0 Å². The van der Waals surface area contributed by atoms with E-state index in [1.54, 1.807) is 6.21 Å². The first-order chi connectivity index (χ1) is 20.6. The number of aryl methyl sites for hydroxylation is 1. The minimum absolute atomic E-state index is 0.322. The lowest BCUT2D eigenvalue weighted by molar-refractivity contribution is 0.136. The maximum absolute atomic E-state index is 8.90. The second kappa shape index (κ2) is 17.5. The summed E-state index contributed by atoms with van der Waals surface area (Å²) in [5.74, 6) is 1.32. The average Bonchev–Trinajstić information content (AvgIpc) is 3.00. The number of aliphatic hydroxyl groups excluding tert-OH is 1. The predicted molar refractivity (Wildman–Crippen MR) is 175 cm³/mol. The normalized spacial score (nSPS) is 14.5. The molecule has 0 unspecified atom stereocenters. The van der Waals surface area contributed by atoms with Crippen LogP contribution in [0.5, 0.6) is 5.75 Å². The number of piperidine rings is 1. The van der Waals surface area contributed by atoms with Crippen molar-refractivity contribution in [3.8, 4) is 16.9 Å². The Hall–Kier alpha value is -2.57. The fourth-order valence-corrected chi connectivity index (χ4v) is 6.05. The van der Waals surface area contributed by atoms with E-state index in [1.807, 2.05) is 36.4 Å². The number of aliphatic hydroxyl groups is 1. The van der Waals surface area contributed by atoms with Gasteiger partial charge in [-0.05, 0) is 98.1 Å². The third kappa shape index (κ3) is 10.3. The van der Waals surface area contributed by atoms with E-state index in [1.165, 1.54) is 43.9 Å². The number of unbranched alkanes of at least 4 members (excludes halogenated alkanes) is 5. The van der Waals surface area contributed by atoms with Gasteiger partial charge < -0.3 is 14.7 Å². The van der Waals surface area contributed by atoms with Gasteiger partial charge in [-0.25, -0.2) is 0 Å². The van der Waals surface area contributed by atoms with Crippen LogP contribution >= 0.6 is 23.2 Å². The molecule has 42 heavy (non-hydrogen) atoms. The molecule has 226 valence electrons. The van der Waals surface area contributed by atoms with Crippen LogP contribution in [-0.2, 0) is 17.8 Å². The molecule has 1 saturated heterocycles. The molecule has 0 saturated carbocycles. The Morgan fingerprint density at radius 1 is 0.881 bits per heavy atom. The Labute approximate surface area is 261 Å². The molecule has 3 aromatic rings. The zero-order valence-corrected chi connectivity index (χ0v) is 26.3. The molecule has 0 atom stereocenters. The summed E-state index contributed by atoms with van der Waals surface area (Å²) in [7, 11) is 1.52. The van der Waals surface area contributed by atoms with Gasteiger partial charge in [0.1, 0.15) is 12.9 Å². The topological polar surface area (TPSA) is 54.3 Å². The van der Waals surface area contributed by atoms with Crippen LogP contribution in [0.1, 0.15) is 68.1 Å². The fraction of sp³-hybridized carbons (Fsp3) is 0.457. The second-order valence-electron chi connectivity index (χ2n) is 11.2. The molecule has 1 N–H and O–H groups in total. The number of hydrogen-bond donors (Lipinski definition) is 1. The van der Waals surface area contributed by atoms with Crippen molar-refractivity contribution < 1.29 is 14.7 Å². The summed E-state index contributed by atoms with van der Waals surface area (Å²) in [6.07, 6.45) is 12.2. The minimum Gasteiger partial charge on any atom is -0.493 e. The lowest BCUT2D eigenvalue weighted by Gasteiger charge is -2.32. The van der Waals surface area contributed by atoms with Gasteiger partial charge in [-0.15, -0.1) is 0 Å². The highest BCUT2D eigenvalue weighted by Gasteiger charge is 2.20. The first-order valence-electron chi connectivity index (χ1n) is 15.3.